The summed E-state index contributed by atoms with van der Waals surface area (Å²) in [4.78, 5) is 0. The molecule has 0 saturated carbocycles. The molecule has 0 amide bonds. The van der Waals surface area contributed by atoms with E-state index in [1.807, 2.05) is 0 Å². The molecule has 2 nitrogen and oxygen atoms in total. The van der Waals surface area contributed by atoms with Crippen LogP contribution < -0.4 is 0 Å². The third-order valence-electron chi connectivity index (χ3n) is 3.21. The smallest absolute Gasteiger partial charge is 0.0780 e. The molecule has 2 N–H and O–H groups in total. The van der Waals surface area contributed by atoms with Gasteiger partial charge in [0, 0.05) is 0 Å². The highest BCUT2D eigenvalue weighted by Crippen LogP contribution is 2.34. The van der Waals surface area contributed by atoms with Crippen molar-refractivity contribution < 1.29 is 10.2 Å². The molecular weight excluding hydrogens is 176 g/mol. The molecular formula is C12H22O2. The SMILES string of the molecule is CCCCCC1=C(CO)C(O)CC1C. The molecule has 2 atom stereocenters. The van der Waals surface area contributed by atoms with Crippen molar-refractivity contribution >= 4 is 0 Å². The van der Waals surface area contributed by atoms with E-state index in [0.717, 1.165) is 18.4 Å². The molecule has 0 aromatic rings. The number of hydrogen-bond donors (Lipinski definition) is 2. The average Bonchev–Trinajstić information content (AvgIpc) is 2.42. The number of unbranched alkanes of at least 4 members (excludes halogenated alkanes) is 2. The lowest BCUT2D eigenvalue weighted by Gasteiger charge is -2.09. The fraction of sp³-hybridized carbons (Fsp3) is 0.833. The molecule has 0 radical (unpaired) electrons. The van der Waals surface area contributed by atoms with Crippen molar-refractivity contribution in [2.75, 3.05) is 6.61 Å². The second kappa shape index (κ2) is 5.52. The van der Waals surface area contributed by atoms with Crippen LogP contribution in [0.15, 0.2) is 11.1 Å². The molecule has 0 aromatic carbocycles. The van der Waals surface area contributed by atoms with E-state index in [0.29, 0.717) is 5.92 Å². The van der Waals surface area contributed by atoms with E-state index >= 15 is 0 Å². The van der Waals surface area contributed by atoms with Crippen molar-refractivity contribution in [3.8, 4) is 0 Å². The maximum absolute atomic E-state index is 9.67. The normalized spacial score (nSPS) is 27.4. The molecule has 0 heterocycles. The van der Waals surface area contributed by atoms with Gasteiger partial charge < -0.3 is 10.2 Å². The quantitative estimate of drug-likeness (QED) is 0.525. The van der Waals surface area contributed by atoms with Crippen molar-refractivity contribution in [3.63, 3.8) is 0 Å². The Morgan fingerprint density at radius 2 is 2.00 bits per heavy atom. The van der Waals surface area contributed by atoms with Gasteiger partial charge in [-0.2, -0.15) is 0 Å². The highest BCUT2D eigenvalue weighted by atomic mass is 16.3. The van der Waals surface area contributed by atoms with Gasteiger partial charge in [-0.3, -0.25) is 0 Å². The van der Waals surface area contributed by atoms with Crippen LogP contribution in [0.3, 0.4) is 0 Å². The first-order valence-corrected chi connectivity index (χ1v) is 5.71. The van der Waals surface area contributed by atoms with E-state index in [-0.39, 0.29) is 12.7 Å². The lowest BCUT2D eigenvalue weighted by atomic mass is 9.97. The van der Waals surface area contributed by atoms with E-state index in [2.05, 4.69) is 13.8 Å². The zero-order valence-corrected chi connectivity index (χ0v) is 9.29. The molecule has 2 unspecified atom stereocenters. The standard InChI is InChI=1S/C12H22O2/c1-3-4-5-6-10-9(2)7-12(14)11(10)8-13/h9,12-14H,3-8H2,1-2H3. The molecule has 0 saturated heterocycles. The Labute approximate surface area is 86.6 Å². The van der Waals surface area contributed by atoms with Gasteiger partial charge in [0.25, 0.3) is 0 Å². The average molecular weight is 198 g/mol. The zero-order chi connectivity index (χ0) is 10.6. The van der Waals surface area contributed by atoms with Crippen LogP contribution in [0.5, 0.6) is 0 Å². The van der Waals surface area contributed by atoms with Crippen molar-refractivity contribution in [2.24, 2.45) is 5.92 Å². The van der Waals surface area contributed by atoms with Crippen LogP contribution in [0.25, 0.3) is 0 Å². The fourth-order valence-corrected chi connectivity index (χ4v) is 2.33. The van der Waals surface area contributed by atoms with Crippen LogP contribution in [-0.2, 0) is 0 Å². The summed E-state index contributed by atoms with van der Waals surface area (Å²) in [7, 11) is 0. The molecule has 0 fully saturated rings. The topological polar surface area (TPSA) is 40.5 Å². The molecule has 0 spiro atoms. The Kier molecular flexibility index (Phi) is 4.63. The third kappa shape index (κ3) is 2.58. The lowest BCUT2D eigenvalue weighted by Crippen LogP contribution is -2.08. The van der Waals surface area contributed by atoms with Gasteiger partial charge in [-0.25, -0.2) is 0 Å². The van der Waals surface area contributed by atoms with Gasteiger partial charge in [-0.15, -0.1) is 0 Å². The zero-order valence-electron chi connectivity index (χ0n) is 9.29. The Hall–Kier alpha value is -0.340. The highest BCUT2D eigenvalue weighted by Gasteiger charge is 2.28. The Balaban J connectivity index is 2.56. The van der Waals surface area contributed by atoms with Crippen LogP contribution >= 0.6 is 0 Å². The summed E-state index contributed by atoms with van der Waals surface area (Å²) in [5, 5.41) is 18.8. The number of aliphatic hydroxyl groups excluding tert-OH is 2. The number of rotatable bonds is 5. The van der Waals surface area contributed by atoms with E-state index in [9.17, 15) is 5.11 Å². The number of aliphatic hydroxyl groups is 2. The van der Waals surface area contributed by atoms with Gasteiger partial charge in [-0.05, 0) is 30.8 Å². The first kappa shape index (κ1) is 11.7. The molecule has 0 bridgehead atoms. The van der Waals surface area contributed by atoms with Crippen LogP contribution in [-0.4, -0.2) is 22.9 Å². The summed E-state index contributed by atoms with van der Waals surface area (Å²) in [6, 6.07) is 0. The summed E-state index contributed by atoms with van der Waals surface area (Å²) >= 11 is 0. The molecule has 1 aliphatic rings. The van der Waals surface area contributed by atoms with Gasteiger partial charge in [0.15, 0.2) is 0 Å². The van der Waals surface area contributed by atoms with Gasteiger partial charge in [0.05, 0.1) is 12.7 Å². The minimum atomic E-state index is -0.383. The fourth-order valence-electron chi connectivity index (χ4n) is 2.33. The molecule has 0 aromatic heterocycles. The van der Waals surface area contributed by atoms with Crippen molar-refractivity contribution in [1.29, 1.82) is 0 Å². The van der Waals surface area contributed by atoms with E-state index < -0.39 is 0 Å². The summed E-state index contributed by atoms with van der Waals surface area (Å²) in [5.74, 6) is 0.462. The minimum Gasteiger partial charge on any atom is -0.392 e. The third-order valence-corrected chi connectivity index (χ3v) is 3.21. The number of hydrogen-bond acceptors (Lipinski definition) is 2. The summed E-state index contributed by atoms with van der Waals surface area (Å²) < 4.78 is 0. The maximum atomic E-state index is 9.67. The maximum Gasteiger partial charge on any atom is 0.0780 e. The molecule has 0 aliphatic heterocycles. The molecule has 82 valence electrons. The van der Waals surface area contributed by atoms with Crippen LogP contribution in [0, 0.1) is 5.92 Å². The van der Waals surface area contributed by atoms with Crippen molar-refractivity contribution in [2.45, 2.75) is 52.1 Å². The first-order chi connectivity index (χ1) is 6.70. The minimum absolute atomic E-state index is 0.0347. The predicted molar refractivity (Wildman–Crippen MR) is 58.0 cm³/mol. The highest BCUT2D eigenvalue weighted by molar-refractivity contribution is 5.26. The molecule has 2 heteroatoms. The van der Waals surface area contributed by atoms with Crippen LogP contribution in [0.2, 0.25) is 0 Å². The Bertz CT molecular complexity index is 208. The van der Waals surface area contributed by atoms with E-state index in [1.165, 1.54) is 24.8 Å². The van der Waals surface area contributed by atoms with E-state index in [4.69, 9.17) is 5.11 Å². The molecule has 1 aliphatic carbocycles. The Morgan fingerprint density at radius 1 is 1.29 bits per heavy atom. The van der Waals surface area contributed by atoms with Crippen molar-refractivity contribution in [1.82, 2.24) is 0 Å². The molecule has 1 rings (SSSR count). The van der Waals surface area contributed by atoms with E-state index in [1.54, 1.807) is 0 Å². The Morgan fingerprint density at radius 3 is 2.57 bits per heavy atom. The largest absolute Gasteiger partial charge is 0.392 e. The first-order valence-electron chi connectivity index (χ1n) is 5.71. The van der Waals surface area contributed by atoms with Crippen molar-refractivity contribution in [3.05, 3.63) is 11.1 Å². The monoisotopic (exact) mass is 198 g/mol. The summed E-state index contributed by atoms with van der Waals surface area (Å²) in [6.07, 6.45) is 5.13. The van der Waals surface area contributed by atoms with Crippen LogP contribution in [0.4, 0.5) is 0 Å². The van der Waals surface area contributed by atoms with Gasteiger partial charge >= 0.3 is 0 Å². The van der Waals surface area contributed by atoms with Crippen LogP contribution in [0.1, 0.15) is 46.0 Å². The van der Waals surface area contributed by atoms with Gasteiger partial charge in [0.2, 0.25) is 0 Å². The summed E-state index contributed by atoms with van der Waals surface area (Å²) in [6.45, 7) is 4.37. The van der Waals surface area contributed by atoms with Gasteiger partial charge in [-0.1, -0.05) is 32.3 Å². The van der Waals surface area contributed by atoms with Gasteiger partial charge in [0.1, 0.15) is 0 Å². The summed E-state index contributed by atoms with van der Waals surface area (Å²) in [5.41, 5.74) is 2.21. The second-order valence-electron chi connectivity index (χ2n) is 4.32. The lowest BCUT2D eigenvalue weighted by molar-refractivity contribution is 0.183. The molecule has 14 heavy (non-hydrogen) atoms. The number of allylic oxidation sites excluding steroid dienone is 1. The predicted octanol–water partition coefficient (Wildman–Crippen LogP) is 2.26. The second-order valence-corrected chi connectivity index (χ2v) is 4.32.